The summed E-state index contributed by atoms with van der Waals surface area (Å²) in [6.45, 7) is 0. The predicted octanol–water partition coefficient (Wildman–Crippen LogP) is 0.462. The number of rotatable bonds is 1. The Bertz CT molecular complexity index is 313. The van der Waals surface area contributed by atoms with Crippen LogP contribution >= 0.6 is 0 Å². The molecule has 1 aromatic heterocycles. The Labute approximate surface area is 63.5 Å². The highest BCUT2D eigenvalue weighted by Crippen LogP contribution is 2.01. The van der Waals surface area contributed by atoms with Crippen LogP contribution in [0.3, 0.4) is 0 Å². The summed E-state index contributed by atoms with van der Waals surface area (Å²) in [7, 11) is 0. The quantitative estimate of drug-likeness (QED) is 0.547. The lowest BCUT2D eigenvalue weighted by atomic mass is 10.3. The van der Waals surface area contributed by atoms with Gasteiger partial charge in [0.25, 0.3) is 0 Å². The molecule has 0 aliphatic heterocycles. The van der Waals surface area contributed by atoms with E-state index < -0.39 is 0 Å². The van der Waals surface area contributed by atoms with Crippen molar-refractivity contribution in [2.45, 2.75) is 0 Å². The second-order valence-corrected chi connectivity index (χ2v) is 2.03. The average Bonchev–Trinajstić information content (AvgIpc) is 2.58. The number of benzene rings is 1. The molecule has 0 atom stereocenters. The zero-order valence-electron chi connectivity index (χ0n) is 5.68. The van der Waals surface area contributed by atoms with E-state index >= 15 is 0 Å². The molecular weight excluding hydrogens is 140 g/mol. The molecule has 0 amide bonds. The average molecular weight is 145 g/mol. The van der Waals surface area contributed by atoms with Gasteiger partial charge in [0.2, 0.25) is 0 Å². The zero-order chi connectivity index (χ0) is 7.52. The van der Waals surface area contributed by atoms with E-state index in [1.807, 2.05) is 30.3 Å². The van der Waals surface area contributed by atoms with E-state index in [4.69, 9.17) is 0 Å². The lowest BCUT2D eigenvalue weighted by Crippen LogP contribution is -1.93. The largest absolute Gasteiger partial charge is 0.363 e. The SMILES string of the molecule is [c-]1nnnn1-c1ccccc1. The molecule has 0 saturated heterocycles. The van der Waals surface area contributed by atoms with Crippen LogP contribution in [0.15, 0.2) is 30.3 Å². The van der Waals surface area contributed by atoms with Crippen molar-refractivity contribution in [2.75, 3.05) is 0 Å². The maximum atomic E-state index is 3.69. The third-order valence-corrected chi connectivity index (χ3v) is 1.31. The van der Waals surface area contributed by atoms with Gasteiger partial charge in [0.1, 0.15) is 0 Å². The molecule has 0 fully saturated rings. The van der Waals surface area contributed by atoms with Crippen molar-refractivity contribution >= 4 is 0 Å². The second kappa shape index (κ2) is 2.49. The molecule has 1 aromatic carbocycles. The van der Waals surface area contributed by atoms with Gasteiger partial charge in [-0.15, -0.1) is 12.1 Å². The third kappa shape index (κ3) is 1.10. The lowest BCUT2D eigenvalue weighted by Gasteiger charge is -2.06. The molecule has 0 aliphatic rings. The fraction of sp³-hybridized carbons (Fsp3) is 0. The van der Waals surface area contributed by atoms with Crippen LogP contribution in [0.1, 0.15) is 0 Å². The summed E-state index contributed by atoms with van der Waals surface area (Å²) in [6, 6.07) is 9.60. The molecule has 0 spiro atoms. The van der Waals surface area contributed by atoms with E-state index in [1.165, 1.54) is 4.68 Å². The molecule has 1 heterocycles. The zero-order valence-corrected chi connectivity index (χ0v) is 5.68. The van der Waals surface area contributed by atoms with Gasteiger partial charge in [0.05, 0.1) is 0 Å². The molecule has 11 heavy (non-hydrogen) atoms. The highest BCUT2D eigenvalue weighted by molar-refractivity contribution is 5.28. The van der Waals surface area contributed by atoms with Crippen molar-refractivity contribution in [1.82, 2.24) is 20.2 Å². The number of aromatic nitrogens is 4. The molecule has 54 valence electrons. The van der Waals surface area contributed by atoms with Crippen LogP contribution in [-0.2, 0) is 0 Å². The van der Waals surface area contributed by atoms with Crippen LogP contribution in [0.25, 0.3) is 5.69 Å². The van der Waals surface area contributed by atoms with Gasteiger partial charge in [-0.25, -0.2) is 5.10 Å². The second-order valence-electron chi connectivity index (χ2n) is 2.03. The molecule has 0 aliphatic carbocycles. The van der Waals surface area contributed by atoms with Crippen molar-refractivity contribution in [3.63, 3.8) is 0 Å². The van der Waals surface area contributed by atoms with Crippen LogP contribution in [0.5, 0.6) is 0 Å². The van der Waals surface area contributed by atoms with E-state index in [2.05, 4.69) is 21.9 Å². The fourth-order valence-corrected chi connectivity index (χ4v) is 0.821. The van der Waals surface area contributed by atoms with E-state index in [0.717, 1.165) is 5.69 Å². The van der Waals surface area contributed by atoms with Crippen LogP contribution < -0.4 is 0 Å². The molecule has 0 N–H and O–H groups in total. The summed E-state index contributed by atoms with van der Waals surface area (Å²) in [5.74, 6) is 0. The Morgan fingerprint density at radius 3 is 2.64 bits per heavy atom. The number of tetrazole rings is 1. The molecular formula is C7H5N4-. The van der Waals surface area contributed by atoms with Gasteiger partial charge in [-0.2, -0.15) is 0 Å². The fourth-order valence-electron chi connectivity index (χ4n) is 0.821. The molecule has 4 nitrogen and oxygen atoms in total. The first-order chi connectivity index (χ1) is 5.47. The Morgan fingerprint density at radius 2 is 2.00 bits per heavy atom. The summed E-state index contributed by atoms with van der Waals surface area (Å²) < 4.78 is 1.49. The van der Waals surface area contributed by atoms with Crippen LogP contribution in [-0.4, -0.2) is 20.2 Å². The summed E-state index contributed by atoms with van der Waals surface area (Å²) in [4.78, 5) is 0. The van der Waals surface area contributed by atoms with Gasteiger partial charge < -0.3 is 4.68 Å². The monoisotopic (exact) mass is 145 g/mol. The minimum absolute atomic E-state index is 0.914. The maximum absolute atomic E-state index is 3.69. The molecule has 0 saturated carbocycles. The van der Waals surface area contributed by atoms with Crippen molar-refractivity contribution in [3.8, 4) is 5.69 Å². The van der Waals surface area contributed by atoms with Gasteiger partial charge in [-0.3, -0.25) is 0 Å². The van der Waals surface area contributed by atoms with Gasteiger partial charge in [-0.05, 0) is 11.5 Å². The van der Waals surface area contributed by atoms with Crippen LogP contribution in [0.4, 0.5) is 0 Å². The summed E-state index contributed by atoms with van der Waals surface area (Å²) >= 11 is 0. The summed E-state index contributed by atoms with van der Waals surface area (Å²) in [6.07, 6.45) is 2.60. The van der Waals surface area contributed by atoms with E-state index in [9.17, 15) is 0 Å². The highest BCUT2D eigenvalue weighted by atomic mass is 15.5. The Hall–Kier alpha value is -1.71. The summed E-state index contributed by atoms with van der Waals surface area (Å²) in [5.41, 5.74) is 0.914. The Kier molecular flexibility index (Phi) is 1.37. The van der Waals surface area contributed by atoms with Crippen LogP contribution in [0.2, 0.25) is 0 Å². The molecule has 0 unspecified atom stereocenters. The number of hydrogen-bond acceptors (Lipinski definition) is 3. The van der Waals surface area contributed by atoms with Gasteiger partial charge in [-0.1, -0.05) is 29.1 Å². The first-order valence-corrected chi connectivity index (χ1v) is 3.18. The molecule has 2 aromatic rings. The smallest absolute Gasteiger partial charge is 0.0125 e. The lowest BCUT2D eigenvalue weighted by molar-refractivity contribution is 0.787. The van der Waals surface area contributed by atoms with Gasteiger partial charge >= 0.3 is 0 Å². The summed E-state index contributed by atoms with van der Waals surface area (Å²) in [5, 5.41) is 10.6. The van der Waals surface area contributed by atoms with Crippen LogP contribution in [0, 0.1) is 6.33 Å². The third-order valence-electron chi connectivity index (χ3n) is 1.31. The maximum Gasteiger partial charge on any atom is -0.0125 e. The molecule has 4 heteroatoms. The topological polar surface area (TPSA) is 43.6 Å². The van der Waals surface area contributed by atoms with Crippen molar-refractivity contribution in [3.05, 3.63) is 36.7 Å². The minimum Gasteiger partial charge on any atom is -0.363 e. The van der Waals surface area contributed by atoms with E-state index in [0.29, 0.717) is 0 Å². The number of para-hydroxylation sites is 1. The normalized spacial score (nSPS) is 9.82. The van der Waals surface area contributed by atoms with Crippen molar-refractivity contribution < 1.29 is 0 Å². The Morgan fingerprint density at radius 1 is 1.18 bits per heavy atom. The number of nitrogens with zero attached hydrogens (tertiary/aromatic N) is 4. The van der Waals surface area contributed by atoms with Crippen molar-refractivity contribution in [2.24, 2.45) is 0 Å². The highest BCUT2D eigenvalue weighted by Gasteiger charge is 1.81. The number of hydrogen-bond donors (Lipinski definition) is 0. The molecule has 0 radical (unpaired) electrons. The predicted molar refractivity (Wildman–Crippen MR) is 38.0 cm³/mol. The molecule has 0 bridgehead atoms. The van der Waals surface area contributed by atoms with E-state index in [1.54, 1.807) is 0 Å². The molecule has 2 rings (SSSR count). The first kappa shape index (κ1) is 6.03. The van der Waals surface area contributed by atoms with Gasteiger partial charge in [0, 0.05) is 0 Å². The first-order valence-electron chi connectivity index (χ1n) is 3.18. The minimum atomic E-state index is 0.914. The van der Waals surface area contributed by atoms with E-state index in [-0.39, 0.29) is 0 Å². The van der Waals surface area contributed by atoms with Gasteiger partial charge in [0.15, 0.2) is 0 Å². The Balaban J connectivity index is 2.46. The standard InChI is InChI=1S/C7H5N4/c1-2-4-7(5-3-1)11-6-8-9-10-11/h1-5H/q-1. The van der Waals surface area contributed by atoms with Crippen molar-refractivity contribution in [1.29, 1.82) is 0 Å².